The Balaban J connectivity index is 3.17. The monoisotopic (exact) mass is 196 g/mol. The molecule has 13 heavy (non-hydrogen) atoms. The molecule has 0 heterocycles. The second kappa shape index (κ2) is 3.75. The lowest BCUT2D eigenvalue weighted by Crippen LogP contribution is -1.95. The predicted molar refractivity (Wildman–Crippen MR) is 53.2 cm³/mol. The second-order valence-corrected chi connectivity index (χ2v) is 4.66. The quantitative estimate of drug-likeness (QED) is 0.727. The summed E-state index contributed by atoms with van der Waals surface area (Å²) < 4.78 is 22.9. The first-order valence-corrected chi connectivity index (χ1v) is 5.55. The van der Waals surface area contributed by atoms with Gasteiger partial charge in [0.1, 0.15) is 0 Å². The van der Waals surface area contributed by atoms with Gasteiger partial charge in [-0.2, -0.15) is 0 Å². The molecule has 0 aliphatic carbocycles. The summed E-state index contributed by atoms with van der Waals surface area (Å²) in [7, 11) is -3.21. The lowest BCUT2D eigenvalue weighted by molar-refractivity contribution is 0.604. The van der Waals surface area contributed by atoms with Gasteiger partial charge in [-0.05, 0) is 26.0 Å². The van der Waals surface area contributed by atoms with Crippen LogP contribution in [-0.4, -0.2) is 8.42 Å². The molecule has 0 spiro atoms. The molecule has 0 fully saturated rings. The molecular formula is C10H12O2S. The molecule has 0 aliphatic heterocycles. The van der Waals surface area contributed by atoms with Crippen LogP contribution in [0, 0.1) is 6.92 Å². The first kappa shape index (κ1) is 9.99. The average Bonchev–Trinajstić information content (AvgIpc) is 2.05. The fraction of sp³-hybridized carbons (Fsp3) is 0.200. The van der Waals surface area contributed by atoms with Crippen LogP contribution in [0.25, 0.3) is 0 Å². The molecule has 0 atom stereocenters. The Morgan fingerprint density at radius 1 is 1.15 bits per heavy atom. The van der Waals surface area contributed by atoms with Crippen molar-refractivity contribution >= 4 is 9.84 Å². The number of allylic oxidation sites excluding steroid dienone is 1. The molecule has 0 saturated heterocycles. The Morgan fingerprint density at radius 2 is 1.69 bits per heavy atom. The van der Waals surface area contributed by atoms with Gasteiger partial charge in [0, 0.05) is 5.41 Å². The van der Waals surface area contributed by atoms with Crippen LogP contribution in [0.1, 0.15) is 12.5 Å². The summed E-state index contributed by atoms with van der Waals surface area (Å²) >= 11 is 0. The van der Waals surface area contributed by atoms with Crippen molar-refractivity contribution in [3.63, 3.8) is 0 Å². The minimum Gasteiger partial charge on any atom is -0.219 e. The fourth-order valence-corrected chi connectivity index (χ4v) is 2.02. The van der Waals surface area contributed by atoms with Crippen LogP contribution in [0.2, 0.25) is 0 Å². The van der Waals surface area contributed by atoms with E-state index in [1.165, 1.54) is 11.5 Å². The molecule has 0 aromatic heterocycles. The third-order valence-electron chi connectivity index (χ3n) is 1.66. The lowest BCUT2D eigenvalue weighted by Gasteiger charge is -1.98. The maximum absolute atomic E-state index is 11.5. The van der Waals surface area contributed by atoms with Gasteiger partial charge in [-0.3, -0.25) is 0 Å². The van der Waals surface area contributed by atoms with Gasteiger partial charge < -0.3 is 0 Å². The fourth-order valence-electron chi connectivity index (χ4n) is 0.986. The molecule has 0 saturated carbocycles. The molecule has 0 aliphatic rings. The summed E-state index contributed by atoms with van der Waals surface area (Å²) in [4.78, 5) is 0.344. The predicted octanol–water partition coefficient (Wildman–Crippen LogP) is 2.30. The molecule has 1 aromatic rings. The first-order chi connectivity index (χ1) is 6.06. The van der Waals surface area contributed by atoms with E-state index in [1.807, 2.05) is 6.92 Å². The molecule has 70 valence electrons. The summed E-state index contributed by atoms with van der Waals surface area (Å²) in [6.07, 6.45) is 1.52. The van der Waals surface area contributed by atoms with Gasteiger partial charge in [-0.25, -0.2) is 8.42 Å². The van der Waals surface area contributed by atoms with Crippen LogP contribution in [-0.2, 0) is 9.84 Å². The Hall–Kier alpha value is -1.09. The maximum atomic E-state index is 11.5. The largest absolute Gasteiger partial charge is 0.219 e. The van der Waals surface area contributed by atoms with Crippen LogP contribution in [0.15, 0.2) is 40.6 Å². The number of hydrogen-bond donors (Lipinski definition) is 0. The highest BCUT2D eigenvalue weighted by Crippen LogP contribution is 2.12. The number of aryl methyl sites for hydroxylation is 1. The van der Waals surface area contributed by atoms with E-state index in [9.17, 15) is 8.42 Å². The molecular weight excluding hydrogens is 184 g/mol. The zero-order chi connectivity index (χ0) is 9.90. The van der Waals surface area contributed by atoms with E-state index in [0.717, 1.165) is 5.56 Å². The summed E-state index contributed by atoms with van der Waals surface area (Å²) in [5.74, 6) is 0. The van der Waals surface area contributed by atoms with Crippen molar-refractivity contribution in [2.75, 3.05) is 0 Å². The topological polar surface area (TPSA) is 34.1 Å². The van der Waals surface area contributed by atoms with Gasteiger partial charge in [0.15, 0.2) is 9.84 Å². The van der Waals surface area contributed by atoms with Gasteiger partial charge in [0.05, 0.1) is 4.90 Å². The Bertz CT molecular complexity index is 399. The Morgan fingerprint density at radius 3 is 2.15 bits per heavy atom. The zero-order valence-corrected chi connectivity index (χ0v) is 8.51. The summed E-state index contributed by atoms with van der Waals surface area (Å²) in [5.41, 5.74) is 1.06. The molecule has 0 amide bonds. The van der Waals surface area contributed by atoms with Crippen LogP contribution >= 0.6 is 0 Å². The molecule has 2 nitrogen and oxygen atoms in total. The van der Waals surface area contributed by atoms with E-state index < -0.39 is 9.84 Å². The van der Waals surface area contributed by atoms with Gasteiger partial charge in [-0.1, -0.05) is 23.8 Å². The minimum atomic E-state index is -3.21. The number of hydrogen-bond acceptors (Lipinski definition) is 2. The second-order valence-electron chi connectivity index (χ2n) is 2.83. The molecule has 0 N–H and O–H groups in total. The van der Waals surface area contributed by atoms with Crippen molar-refractivity contribution in [1.29, 1.82) is 0 Å². The molecule has 0 bridgehead atoms. The summed E-state index contributed by atoms with van der Waals surface area (Å²) in [5, 5.41) is 1.21. The third kappa shape index (κ3) is 2.42. The van der Waals surface area contributed by atoms with E-state index in [-0.39, 0.29) is 0 Å². The van der Waals surface area contributed by atoms with Crippen LogP contribution in [0.5, 0.6) is 0 Å². The van der Waals surface area contributed by atoms with Crippen LogP contribution in [0.4, 0.5) is 0 Å². The normalized spacial score (nSPS) is 12.2. The van der Waals surface area contributed by atoms with Crippen LogP contribution < -0.4 is 0 Å². The molecule has 0 unspecified atom stereocenters. The number of sulfone groups is 1. The maximum Gasteiger partial charge on any atom is 0.199 e. The van der Waals surface area contributed by atoms with Gasteiger partial charge >= 0.3 is 0 Å². The van der Waals surface area contributed by atoms with Gasteiger partial charge in [0.25, 0.3) is 0 Å². The van der Waals surface area contributed by atoms with Crippen molar-refractivity contribution < 1.29 is 8.42 Å². The van der Waals surface area contributed by atoms with Crippen molar-refractivity contribution in [1.82, 2.24) is 0 Å². The Labute approximate surface area is 78.8 Å². The number of rotatable bonds is 2. The van der Waals surface area contributed by atoms with E-state index >= 15 is 0 Å². The molecule has 1 aromatic carbocycles. The van der Waals surface area contributed by atoms with E-state index in [2.05, 4.69) is 0 Å². The van der Waals surface area contributed by atoms with Gasteiger partial charge in [0.2, 0.25) is 0 Å². The standard InChI is InChI=1S/C10H12O2S/c1-3-8-13(11,12)10-6-4-9(2)5-7-10/h3-8H,1-2H3/b8-3-. The highest BCUT2D eigenvalue weighted by atomic mass is 32.2. The minimum absolute atomic E-state index is 0.344. The van der Waals surface area contributed by atoms with E-state index in [4.69, 9.17) is 0 Å². The summed E-state index contributed by atoms with van der Waals surface area (Å²) in [6, 6.07) is 6.81. The highest BCUT2D eigenvalue weighted by Gasteiger charge is 2.07. The third-order valence-corrected chi connectivity index (χ3v) is 3.22. The average molecular weight is 196 g/mol. The van der Waals surface area contributed by atoms with Crippen LogP contribution in [0.3, 0.4) is 0 Å². The van der Waals surface area contributed by atoms with Crippen molar-refractivity contribution in [2.24, 2.45) is 0 Å². The first-order valence-electron chi connectivity index (χ1n) is 4.01. The zero-order valence-electron chi connectivity index (χ0n) is 7.69. The smallest absolute Gasteiger partial charge is 0.199 e. The number of benzene rings is 1. The van der Waals surface area contributed by atoms with E-state index in [0.29, 0.717) is 4.90 Å². The summed E-state index contributed by atoms with van der Waals surface area (Å²) in [6.45, 7) is 3.61. The van der Waals surface area contributed by atoms with Crippen molar-refractivity contribution in [2.45, 2.75) is 18.7 Å². The van der Waals surface area contributed by atoms with Gasteiger partial charge in [-0.15, -0.1) is 0 Å². The molecule has 0 radical (unpaired) electrons. The van der Waals surface area contributed by atoms with E-state index in [1.54, 1.807) is 31.2 Å². The Kier molecular flexibility index (Phi) is 2.88. The highest BCUT2D eigenvalue weighted by molar-refractivity contribution is 7.94. The van der Waals surface area contributed by atoms with Crippen molar-refractivity contribution in [3.8, 4) is 0 Å². The molecule has 3 heteroatoms. The SMILES string of the molecule is C/C=C\S(=O)(=O)c1ccc(C)cc1. The molecule has 1 rings (SSSR count). The lowest BCUT2D eigenvalue weighted by atomic mass is 10.2. The van der Waals surface area contributed by atoms with Crippen molar-refractivity contribution in [3.05, 3.63) is 41.3 Å².